The lowest BCUT2D eigenvalue weighted by molar-refractivity contribution is 0.0996. The minimum atomic E-state index is -0.141. The van der Waals surface area contributed by atoms with Gasteiger partial charge in [-0.05, 0) is 37.7 Å². The number of thioether (sulfide) groups is 1. The summed E-state index contributed by atoms with van der Waals surface area (Å²) in [5.41, 5.74) is 6.03. The summed E-state index contributed by atoms with van der Waals surface area (Å²) in [6.45, 7) is 0. The van der Waals surface area contributed by atoms with Gasteiger partial charge in [0, 0.05) is 0 Å². The van der Waals surface area contributed by atoms with Gasteiger partial charge in [-0.2, -0.15) is 16.7 Å². The normalized spacial score (nSPS) is 32.0. The Balaban J connectivity index is 1.66. The number of aromatic nitrogens is 2. The number of fused-ring (bicyclic) bond motifs is 2. The first-order valence-corrected chi connectivity index (χ1v) is 7.90. The fourth-order valence-corrected chi connectivity index (χ4v) is 3.32. The summed E-state index contributed by atoms with van der Waals surface area (Å²) in [4.78, 5) is 4.47. The van der Waals surface area contributed by atoms with Crippen LogP contribution in [0.1, 0.15) is 49.4 Å². The zero-order valence-electron chi connectivity index (χ0n) is 10.5. The maximum absolute atomic E-state index is 6.03. The molecule has 3 heterocycles. The van der Waals surface area contributed by atoms with E-state index in [1.54, 1.807) is 11.8 Å². The van der Waals surface area contributed by atoms with Crippen molar-refractivity contribution in [3.05, 3.63) is 11.7 Å². The monoisotopic (exact) mass is 269 g/mol. The van der Waals surface area contributed by atoms with Crippen molar-refractivity contribution in [2.24, 2.45) is 5.73 Å². The van der Waals surface area contributed by atoms with E-state index in [4.69, 9.17) is 15.0 Å². The van der Waals surface area contributed by atoms with Crippen LogP contribution in [0.3, 0.4) is 0 Å². The molecule has 5 nitrogen and oxygen atoms in total. The molecule has 1 aromatic rings. The number of nitrogens with two attached hydrogens (primary N) is 1. The Hall–Kier alpha value is -0.590. The Bertz CT molecular complexity index is 412. The Labute approximate surface area is 111 Å². The highest BCUT2D eigenvalue weighted by atomic mass is 32.2. The molecule has 2 fully saturated rings. The molecule has 1 aromatic heterocycles. The molecule has 2 aliphatic rings. The minimum absolute atomic E-state index is 0.141. The molecule has 2 N–H and O–H groups in total. The molecule has 0 aromatic carbocycles. The highest BCUT2D eigenvalue weighted by Gasteiger charge is 2.43. The van der Waals surface area contributed by atoms with E-state index >= 15 is 0 Å². The zero-order chi connectivity index (χ0) is 12.5. The largest absolute Gasteiger partial charge is 0.374 e. The van der Waals surface area contributed by atoms with Gasteiger partial charge in [0.05, 0.1) is 24.2 Å². The first-order chi connectivity index (χ1) is 8.78. The van der Waals surface area contributed by atoms with Crippen molar-refractivity contribution in [1.29, 1.82) is 0 Å². The van der Waals surface area contributed by atoms with E-state index in [0.29, 0.717) is 24.0 Å². The second-order valence-electron chi connectivity index (χ2n) is 5.09. The molecule has 2 aliphatic heterocycles. The summed E-state index contributed by atoms with van der Waals surface area (Å²) in [6, 6.07) is -0.141. The van der Waals surface area contributed by atoms with Crippen LogP contribution in [0.4, 0.5) is 0 Å². The highest BCUT2D eigenvalue weighted by Crippen LogP contribution is 2.43. The molecule has 0 saturated carbocycles. The highest BCUT2D eigenvalue weighted by molar-refractivity contribution is 7.98. The standard InChI is InChI=1S/C12H19N3O2S/c1-18-5-4-9(13)12-14-11(15-17-12)8-6-7-2-3-10(8)16-7/h7-10H,2-6,13H2,1H3/t7?,8?,9-,10?/m0/s1. The third-order valence-electron chi connectivity index (χ3n) is 3.85. The Morgan fingerprint density at radius 3 is 3.06 bits per heavy atom. The van der Waals surface area contributed by atoms with Crippen LogP contribution in [0.25, 0.3) is 0 Å². The van der Waals surface area contributed by atoms with Crippen molar-refractivity contribution in [1.82, 2.24) is 10.1 Å². The summed E-state index contributed by atoms with van der Waals surface area (Å²) >= 11 is 1.78. The van der Waals surface area contributed by atoms with Gasteiger partial charge in [-0.15, -0.1) is 0 Å². The number of hydrogen-bond acceptors (Lipinski definition) is 6. The van der Waals surface area contributed by atoms with Gasteiger partial charge in [0.15, 0.2) is 5.82 Å². The fraction of sp³-hybridized carbons (Fsp3) is 0.833. The molecule has 0 spiro atoms. The third-order valence-corrected chi connectivity index (χ3v) is 4.49. The summed E-state index contributed by atoms with van der Waals surface area (Å²) < 4.78 is 11.1. The summed E-state index contributed by atoms with van der Waals surface area (Å²) in [5, 5.41) is 4.09. The maximum Gasteiger partial charge on any atom is 0.243 e. The average molecular weight is 269 g/mol. The molecular weight excluding hydrogens is 250 g/mol. The van der Waals surface area contributed by atoms with Crippen LogP contribution >= 0.6 is 11.8 Å². The molecule has 100 valence electrons. The molecule has 0 amide bonds. The van der Waals surface area contributed by atoms with Crippen LogP contribution in [0, 0.1) is 0 Å². The lowest BCUT2D eigenvalue weighted by atomic mass is 9.89. The van der Waals surface area contributed by atoms with Gasteiger partial charge >= 0.3 is 0 Å². The molecule has 18 heavy (non-hydrogen) atoms. The molecular formula is C12H19N3O2S. The first kappa shape index (κ1) is 12.4. The van der Waals surface area contributed by atoms with Gasteiger partial charge in [0.2, 0.25) is 5.89 Å². The predicted octanol–water partition coefficient (Wildman–Crippen LogP) is 1.86. The molecule has 2 saturated heterocycles. The minimum Gasteiger partial charge on any atom is -0.374 e. The van der Waals surface area contributed by atoms with E-state index in [9.17, 15) is 0 Å². The van der Waals surface area contributed by atoms with Crippen molar-refractivity contribution >= 4 is 11.8 Å². The number of ether oxygens (including phenoxy) is 1. The van der Waals surface area contributed by atoms with Crippen LogP contribution in [-0.4, -0.2) is 34.4 Å². The fourth-order valence-electron chi connectivity index (χ4n) is 2.83. The van der Waals surface area contributed by atoms with E-state index in [-0.39, 0.29) is 6.04 Å². The Kier molecular flexibility index (Phi) is 3.59. The third kappa shape index (κ3) is 2.29. The maximum atomic E-state index is 6.03. The van der Waals surface area contributed by atoms with E-state index in [1.165, 1.54) is 6.42 Å². The molecule has 6 heteroatoms. The van der Waals surface area contributed by atoms with Gasteiger partial charge < -0.3 is 15.0 Å². The van der Waals surface area contributed by atoms with Crippen molar-refractivity contribution in [3.8, 4) is 0 Å². The molecule has 2 bridgehead atoms. The van der Waals surface area contributed by atoms with Crippen molar-refractivity contribution < 1.29 is 9.26 Å². The molecule has 4 atom stereocenters. The molecule has 0 aliphatic carbocycles. The summed E-state index contributed by atoms with van der Waals surface area (Å²) in [5.74, 6) is 2.68. The zero-order valence-corrected chi connectivity index (χ0v) is 11.4. The second kappa shape index (κ2) is 5.19. The van der Waals surface area contributed by atoms with Crippen molar-refractivity contribution in [2.45, 2.75) is 49.9 Å². The van der Waals surface area contributed by atoms with Crippen molar-refractivity contribution in [2.75, 3.05) is 12.0 Å². The number of nitrogens with zero attached hydrogens (tertiary/aromatic N) is 2. The van der Waals surface area contributed by atoms with E-state index < -0.39 is 0 Å². The van der Waals surface area contributed by atoms with E-state index in [1.807, 2.05) is 0 Å². The lowest BCUT2D eigenvalue weighted by Gasteiger charge is -2.13. The van der Waals surface area contributed by atoms with Gasteiger partial charge in [0.1, 0.15) is 0 Å². The Morgan fingerprint density at radius 1 is 1.50 bits per heavy atom. The molecule has 0 radical (unpaired) electrons. The number of hydrogen-bond donors (Lipinski definition) is 1. The summed E-state index contributed by atoms with van der Waals surface area (Å²) in [7, 11) is 0. The van der Waals surface area contributed by atoms with Gasteiger partial charge in [-0.25, -0.2) is 0 Å². The Morgan fingerprint density at radius 2 is 2.39 bits per heavy atom. The van der Waals surface area contributed by atoms with E-state index in [0.717, 1.165) is 30.8 Å². The summed E-state index contributed by atoms with van der Waals surface area (Å²) in [6.07, 6.45) is 6.98. The average Bonchev–Trinajstić information content (AvgIpc) is 3.09. The predicted molar refractivity (Wildman–Crippen MR) is 69.5 cm³/mol. The molecule has 3 unspecified atom stereocenters. The SMILES string of the molecule is CSCC[C@H](N)c1nc(C2CC3CCC2O3)no1. The van der Waals surface area contributed by atoms with Crippen LogP contribution < -0.4 is 5.73 Å². The van der Waals surface area contributed by atoms with Gasteiger partial charge in [-0.3, -0.25) is 0 Å². The van der Waals surface area contributed by atoms with Gasteiger partial charge in [-0.1, -0.05) is 5.16 Å². The van der Waals surface area contributed by atoms with Crippen LogP contribution in [0.5, 0.6) is 0 Å². The smallest absolute Gasteiger partial charge is 0.243 e. The van der Waals surface area contributed by atoms with Gasteiger partial charge in [0.25, 0.3) is 0 Å². The number of rotatable bonds is 5. The van der Waals surface area contributed by atoms with Crippen LogP contribution in [-0.2, 0) is 4.74 Å². The molecule has 3 rings (SSSR count). The quantitative estimate of drug-likeness (QED) is 0.879. The van der Waals surface area contributed by atoms with E-state index in [2.05, 4.69) is 16.4 Å². The van der Waals surface area contributed by atoms with Crippen LogP contribution in [0.2, 0.25) is 0 Å². The lowest BCUT2D eigenvalue weighted by Crippen LogP contribution is -2.16. The first-order valence-electron chi connectivity index (χ1n) is 6.51. The van der Waals surface area contributed by atoms with Crippen LogP contribution in [0.15, 0.2) is 4.52 Å². The topological polar surface area (TPSA) is 74.2 Å². The second-order valence-corrected chi connectivity index (χ2v) is 6.08. The van der Waals surface area contributed by atoms with Crippen molar-refractivity contribution in [3.63, 3.8) is 0 Å².